The van der Waals surface area contributed by atoms with Crippen LogP contribution < -0.4 is 0 Å². The number of alkyl halides is 12. The highest BCUT2D eigenvalue weighted by atomic mass is 32.2. The van der Waals surface area contributed by atoms with Gasteiger partial charge in [0.15, 0.2) is 0 Å². The van der Waals surface area contributed by atoms with Crippen LogP contribution in [-0.4, -0.2) is 89.7 Å². The number of hydrogen-bond acceptors (Lipinski definition) is 7. The molecule has 1 fully saturated rings. The SMILES string of the molecule is O=[N+]([O-])c1cccc(S(=O)(=O)N2CCN(Cc3ccc(C(O)(C(F)(F)F)C(F)(F)F)cc3)CC2)c1.OC(C(F)(F)F)C(F)(F)F. The number of nitro benzene ring substituents is 1. The first-order chi connectivity index (χ1) is 20.2. The van der Waals surface area contributed by atoms with E-state index < -0.39 is 56.9 Å². The molecule has 0 aromatic heterocycles. The third-order valence-electron chi connectivity index (χ3n) is 6.22. The van der Waals surface area contributed by atoms with Crippen molar-refractivity contribution in [3.8, 4) is 0 Å². The van der Waals surface area contributed by atoms with Crippen molar-refractivity contribution in [2.45, 2.75) is 47.9 Å². The number of piperazine rings is 1. The summed E-state index contributed by atoms with van der Waals surface area (Å²) >= 11 is 0. The number of sulfonamides is 1. The standard InChI is InChI=1S/C20H19F6N3O5S.C3H2F6O/c21-19(22,23)18(30,20(24,25)26)15-6-4-14(5-7-15)13-27-8-10-28(11-9-27)35(33,34)17-3-1-2-16(12-17)29(31)32;4-2(5,6)1(10)3(7,8)9/h1-7,12,30H,8-11,13H2;1,10H. The fourth-order valence-corrected chi connectivity index (χ4v) is 5.28. The van der Waals surface area contributed by atoms with Crippen LogP contribution in [-0.2, 0) is 22.2 Å². The summed E-state index contributed by atoms with van der Waals surface area (Å²) in [5.74, 6) is 0. The molecule has 2 N–H and O–H groups in total. The maximum absolute atomic E-state index is 13.0. The summed E-state index contributed by atoms with van der Waals surface area (Å²) < 4.78 is 171. The van der Waals surface area contributed by atoms with Crippen molar-refractivity contribution in [2.75, 3.05) is 26.2 Å². The van der Waals surface area contributed by atoms with Crippen LogP contribution in [0.2, 0.25) is 0 Å². The highest BCUT2D eigenvalue weighted by molar-refractivity contribution is 7.89. The lowest BCUT2D eigenvalue weighted by Gasteiger charge is -2.34. The van der Waals surface area contributed by atoms with Crippen LogP contribution in [0, 0.1) is 10.1 Å². The number of benzene rings is 2. The highest BCUT2D eigenvalue weighted by Crippen LogP contribution is 2.50. The summed E-state index contributed by atoms with van der Waals surface area (Å²) in [6.45, 7) is 0.549. The van der Waals surface area contributed by atoms with E-state index in [4.69, 9.17) is 5.11 Å². The normalized spacial score (nSPS) is 16.3. The largest absolute Gasteiger partial charge is 0.430 e. The van der Waals surface area contributed by atoms with Crippen molar-refractivity contribution in [3.63, 3.8) is 0 Å². The number of nitro groups is 1. The van der Waals surface area contributed by atoms with Gasteiger partial charge in [-0.2, -0.15) is 57.0 Å². The van der Waals surface area contributed by atoms with E-state index in [0.717, 1.165) is 28.6 Å². The minimum absolute atomic E-state index is 0.0189. The van der Waals surface area contributed by atoms with Crippen LogP contribution in [0.25, 0.3) is 0 Å². The van der Waals surface area contributed by atoms with Gasteiger partial charge in [0.2, 0.25) is 16.1 Å². The van der Waals surface area contributed by atoms with E-state index >= 15 is 0 Å². The first kappa shape index (κ1) is 38.0. The minimum Gasteiger partial charge on any atom is -0.377 e. The third-order valence-corrected chi connectivity index (χ3v) is 8.11. The fourth-order valence-electron chi connectivity index (χ4n) is 3.82. The van der Waals surface area contributed by atoms with Crippen molar-refractivity contribution in [2.24, 2.45) is 0 Å². The van der Waals surface area contributed by atoms with Crippen LogP contribution in [0.3, 0.4) is 0 Å². The van der Waals surface area contributed by atoms with Gasteiger partial charge in [0.05, 0.1) is 9.82 Å². The molecule has 1 aliphatic rings. The Morgan fingerprint density at radius 1 is 0.800 bits per heavy atom. The molecule has 0 unspecified atom stereocenters. The van der Waals surface area contributed by atoms with E-state index in [1.165, 1.54) is 12.1 Å². The molecule has 9 nitrogen and oxygen atoms in total. The topological polar surface area (TPSA) is 124 Å². The average Bonchev–Trinajstić information content (AvgIpc) is 2.91. The number of aliphatic hydroxyl groups excluding tert-OH is 1. The Morgan fingerprint density at radius 2 is 1.27 bits per heavy atom. The van der Waals surface area contributed by atoms with Gasteiger partial charge in [-0.15, -0.1) is 0 Å². The molecular weight excluding hydrogens is 674 g/mol. The van der Waals surface area contributed by atoms with Gasteiger partial charge < -0.3 is 10.2 Å². The van der Waals surface area contributed by atoms with Gasteiger partial charge in [-0.1, -0.05) is 30.3 Å². The lowest BCUT2D eigenvalue weighted by atomic mass is 9.91. The molecular formula is C23H21F12N3O6S. The van der Waals surface area contributed by atoms with E-state index in [0.29, 0.717) is 17.7 Å². The van der Waals surface area contributed by atoms with Crippen molar-refractivity contribution in [1.82, 2.24) is 9.21 Å². The second kappa shape index (κ2) is 13.3. The number of nitrogens with zero attached hydrogens (tertiary/aromatic N) is 3. The average molecular weight is 695 g/mol. The van der Waals surface area contributed by atoms with Crippen LogP contribution >= 0.6 is 0 Å². The van der Waals surface area contributed by atoms with Crippen molar-refractivity contribution in [1.29, 1.82) is 0 Å². The zero-order chi connectivity index (χ0) is 34.8. The van der Waals surface area contributed by atoms with Crippen LogP contribution in [0.4, 0.5) is 58.4 Å². The van der Waals surface area contributed by atoms with Crippen LogP contribution in [0.15, 0.2) is 53.4 Å². The third kappa shape index (κ3) is 8.95. The predicted octanol–water partition coefficient (Wildman–Crippen LogP) is 4.89. The number of hydrogen-bond donors (Lipinski definition) is 2. The summed E-state index contributed by atoms with van der Waals surface area (Å²) in [7, 11) is -4.00. The molecule has 1 aliphatic heterocycles. The summed E-state index contributed by atoms with van der Waals surface area (Å²) in [5.41, 5.74) is -6.40. The van der Waals surface area contributed by atoms with Crippen molar-refractivity contribution >= 4 is 15.7 Å². The molecule has 22 heteroatoms. The lowest BCUT2D eigenvalue weighted by Crippen LogP contribution is -2.53. The summed E-state index contributed by atoms with van der Waals surface area (Å²) in [6.07, 6.45) is -27.4. The summed E-state index contributed by atoms with van der Waals surface area (Å²) in [5, 5.41) is 27.8. The highest BCUT2D eigenvalue weighted by Gasteiger charge is 2.71. The van der Waals surface area contributed by atoms with Crippen molar-refractivity contribution < 1.29 is 76.2 Å². The van der Waals surface area contributed by atoms with Gasteiger partial charge in [0.1, 0.15) is 0 Å². The molecule has 2 aromatic rings. The summed E-state index contributed by atoms with van der Waals surface area (Å²) in [4.78, 5) is 11.7. The van der Waals surface area contributed by atoms with E-state index in [1.807, 2.05) is 0 Å². The molecule has 0 atom stereocenters. The Labute approximate surface area is 245 Å². The fraction of sp³-hybridized carbons (Fsp3) is 0.478. The molecule has 3 rings (SSSR count). The van der Waals surface area contributed by atoms with Crippen molar-refractivity contribution in [3.05, 3.63) is 69.8 Å². The smallest absolute Gasteiger partial charge is 0.377 e. The van der Waals surface area contributed by atoms with Gasteiger partial charge in [-0.25, -0.2) is 8.42 Å². The molecule has 0 amide bonds. The molecule has 1 saturated heterocycles. The molecule has 2 aromatic carbocycles. The van der Waals surface area contributed by atoms with E-state index in [2.05, 4.69) is 0 Å². The number of aliphatic hydroxyl groups is 2. The first-order valence-corrected chi connectivity index (χ1v) is 13.4. The molecule has 0 bridgehead atoms. The van der Waals surface area contributed by atoms with Gasteiger partial charge in [0, 0.05) is 50.4 Å². The molecule has 0 aliphatic carbocycles. The van der Waals surface area contributed by atoms with Gasteiger partial charge >= 0.3 is 24.7 Å². The zero-order valence-electron chi connectivity index (χ0n) is 22.0. The minimum atomic E-state index is -5.98. The Bertz CT molecular complexity index is 1390. The van der Waals surface area contributed by atoms with Gasteiger partial charge in [0.25, 0.3) is 11.3 Å². The van der Waals surface area contributed by atoms with Gasteiger partial charge in [-0.3, -0.25) is 15.0 Å². The molecule has 254 valence electrons. The zero-order valence-corrected chi connectivity index (χ0v) is 22.9. The van der Waals surface area contributed by atoms with E-state index in [1.54, 1.807) is 4.90 Å². The first-order valence-electron chi connectivity index (χ1n) is 12.0. The second-order valence-corrected chi connectivity index (χ2v) is 11.3. The Hall–Kier alpha value is -3.21. The number of halogens is 12. The Morgan fingerprint density at radius 3 is 1.64 bits per heavy atom. The summed E-state index contributed by atoms with van der Waals surface area (Å²) in [6, 6.07) is 7.77. The molecule has 0 radical (unpaired) electrons. The quantitative estimate of drug-likeness (QED) is 0.251. The van der Waals surface area contributed by atoms with Crippen LogP contribution in [0.5, 0.6) is 0 Å². The monoisotopic (exact) mass is 695 g/mol. The van der Waals surface area contributed by atoms with E-state index in [-0.39, 0.29) is 43.3 Å². The van der Waals surface area contributed by atoms with Gasteiger partial charge in [-0.05, 0) is 11.6 Å². The number of non-ortho nitro benzene ring substituents is 1. The van der Waals surface area contributed by atoms with Crippen LogP contribution in [0.1, 0.15) is 11.1 Å². The molecule has 0 saturated carbocycles. The number of rotatable bonds is 6. The lowest BCUT2D eigenvalue weighted by molar-refractivity contribution is -0.385. The predicted molar refractivity (Wildman–Crippen MR) is 128 cm³/mol. The molecule has 0 spiro atoms. The second-order valence-electron chi connectivity index (χ2n) is 9.32. The van der Waals surface area contributed by atoms with E-state index in [9.17, 15) is 76.3 Å². The molecule has 1 heterocycles. The maximum atomic E-state index is 13.0. The Kier molecular flexibility index (Phi) is 11.2. The maximum Gasteiger partial charge on any atom is 0.430 e. The Balaban J connectivity index is 0.000000607. The molecule has 45 heavy (non-hydrogen) atoms.